The number of nitrogens with zero attached hydrogens (tertiary/aromatic N) is 2. The average molecular weight is 286 g/mol. The SMILES string of the molecule is CC(C)CC1CSC(NC(CC(C)C)CN(C)C)=N1. The smallest absolute Gasteiger partial charge is 0.157 e. The van der Waals surface area contributed by atoms with Gasteiger partial charge in [-0.15, -0.1) is 0 Å². The maximum Gasteiger partial charge on any atom is 0.157 e. The van der Waals surface area contributed by atoms with Crippen molar-refractivity contribution in [3.63, 3.8) is 0 Å². The zero-order chi connectivity index (χ0) is 14.4. The van der Waals surface area contributed by atoms with Crippen LogP contribution in [-0.4, -0.2) is 48.5 Å². The molecule has 19 heavy (non-hydrogen) atoms. The predicted molar refractivity (Wildman–Crippen MR) is 88.1 cm³/mol. The summed E-state index contributed by atoms with van der Waals surface area (Å²) in [7, 11) is 4.28. The summed E-state index contributed by atoms with van der Waals surface area (Å²) in [6.07, 6.45) is 2.41. The molecule has 4 heteroatoms. The quantitative estimate of drug-likeness (QED) is 0.779. The first kappa shape index (κ1) is 16.8. The Bertz CT molecular complexity index is 277. The molecule has 3 nitrogen and oxygen atoms in total. The monoisotopic (exact) mass is 285 g/mol. The number of rotatable bonds is 7. The van der Waals surface area contributed by atoms with E-state index in [2.05, 4.69) is 52.0 Å². The number of aliphatic imine (C=N–C) groups is 1. The van der Waals surface area contributed by atoms with Gasteiger partial charge in [-0.05, 0) is 38.8 Å². The van der Waals surface area contributed by atoms with E-state index in [1.54, 1.807) is 0 Å². The normalized spacial score (nSPS) is 21.3. The Kier molecular flexibility index (Phi) is 7.22. The molecule has 0 fully saturated rings. The van der Waals surface area contributed by atoms with Gasteiger partial charge >= 0.3 is 0 Å². The second-order valence-corrected chi connectivity index (χ2v) is 7.77. The molecule has 1 rings (SSSR count). The van der Waals surface area contributed by atoms with Crippen molar-refractivity contribution in [2.45, 2.75) is 52.6 Å². The molecule has 1 aliphatic heterocycles. The highest BCUT2D eigenvalue weighted by molar-refractivity contribution is 8.14. The predicted octanol–water partition coefficient (Wildman–Crippen LogP) is 3.07. The summed E-state index contributed by atoms with van der Waals surface area (Å²) < 4.78 is 0. The van der Waals surface area contributed by atoms with Crippen LogP contribution in [0.1, 0.15) is 40.5 Å². The van der Waals surface area contributed by atoms with E-state index in [4.69, 9.17) is 4.99 Å². The van der Waals surface area contributed by atoms with Crippen LogP contribution in [0.4, 0.5) is 0 Å². The van der Waals surface area contributed by atoms with Gasteiger partial charge in [-0.3, -0.25) is 4.99 Å². The summed E-state index contributed by atoms with van der Waals surface area (Å²) in [5, 5.41) is 4.82. The fourth-order valence-electron chi connectivity index (χ4n) is 2.52. The van der Waals surface area contributed by atoms with Crippen LogP contribution in [0, 0.1) is 11.8 Å². The fourth-order valence-corrected chi connectivity index (χ4v) is 3.56. The van der Waals surface area contributed by atoms with E-state index in [-0.39, 0.29) is 0 Å². The minimum atomic E-state index is 0.513. The van der Waals surface area contributed by atoms with Gasteiger partial charge in [-0.2, -0.15) is 0 Å². The van der Waals surface area contributed by atoms with Gasteiger partial charge in [-0.1, -0.05) is 39.5 Å². The molecule has 1 heterocycles. The van der Waals surface area contributed by atoms with Gasteiger partial charge < -0.3 is 10.2 Å². The fraction of sp³-hybridized carbons (Fsp3) is 0.933. The molecular weight excluding hydrogens is 254 g/mol. The molecule has 0 aromatic rings. The Labute approximate surface area is 123 Å². The Morgan fingerprint density at radius 2 is 1.95 bits per heavy atom. The summed E-state index contributed by atoms with van der Waals surface area (Å²) in [5.74, 6) is 2.61. The van der Waals surface area contributed by atoms with Crippen molar-refractivity contribution in [2.24, 2.45) is 16.8 Å². The highest BCUT2D eigenvalue weighted by Gasteiger charge is 2.22. The summed E-state index contributed by atoms with van der Waals surface area (Å²) >= 11 is 1.90. The number of nitrogens with one attached hydrogen (secondary N) is 1. The molecule has 2 unspecified atom stereocenters. The van der Waals surface area contributed by atoms with Crippen molar-refractivity contribution in [3.8, 4) is 0 Å². The van der Waals surface area contributed by atoms with Crippen LogP contribution in [0.2, 0.25) is 0 Å². The van der Waals surface area contributed by atoms with E-state index in [9.17, 15) is 0 Å². The average Bonchev–Trinajstić information content (AvgIpc) is 2.61. The van der Waals surface area contributed by atoms with Crippen LogP contribution in [0.5, 0.6) is 0 Å². The van der Waals surface area contributed by atoms with E-state index in [0.29, 0.717) is 12.1 Å². The van der Waals surface area contributed by atoms with Crippen molar-refractivity contribution >= 4 is 16.9 Å². The maximum atomic E-state index is 4.83. The molecule has 0 spiro atoms. The standard InChI is InChI=1S/C15H31N3S/c1-11(2)7-13(9-18(5)6)16-15-17-14(10-19-15)8-12(3)4/h11-14H,7-10H2,1-6H3,(H,16,17). The molecule has 112 valence electrons. The number of likely N-dealkylation sites (N-methyl/N-ethyl adjacent to an activating group) is 1. The zero-order valence-corrected chi connectivity index (χ0v) is 14.3. The molecule has 1 aliphatic rings. The summed E-state index contributed by atoms with van der Waals surface area (Å²) in [6.45, 7) is 10.2. The Hall–Kier alpha value is -0.220. The van der Waals surface area contributed by atoms with Crippen molar-refractivity contribution in [1.82, 2.24) is 10.2 Å². The summed E-state index contributed by atoms with van der Waals surface area (Å²) in [5.41, 5.74) is 0. The van der Waals surface area contributed by atoms with Gasteiger partial charge in [0.25, 0.3) is 0 Å². The van der Waals surface area contributed by atoms with Gasteiger partial charge in [0.2, 0.25) is 0 Å². The lowest BCUT2D eigenvalue weighted by atomic mass is 10.0. The van der Waals surface area contributed by atoms with E-state index < -0.39 is 0 Å². The topological polar surface area (TPSA) is 27.6 Å². The second kappa shape index (κ2) is 8.15. The molecule has 0 aromatic carbocycles. The summed E-state index contributed by atoms with van der Waals surface area (Å²) in [4.78, 5) is 7.09. The molecule has 2 atom stereocenters. The Morgan fingerprint density at radius 3 is 2.47 bits per heavy atom. The third kappa shape index (κ3) is 7.21. The van der Waals surface area contributed by atoms with Crippen LogP contribution in [0.3, 0.4) is 0 Å². The van der Waals surface area contributed by atoms with Crippen molar-refractivity contribution in [3.05, 3.63) is 0 Å². The molecule has 0 bridgehead atoms. The highest BCUT2D eigenvalue weighted by Crippen LogP contribution is 2.22. The van der Waals surface area contributed by atoms with Crippen LogP contribution < -0.4 is 5.32 Å². The first-order chi connectivity index (χ1) is 8.86. The van der Waals surface area contributed by atoms with Crippen molar-refractivity contribution < 1.29 is 0 Å². The molecular formula is C15H31N3S. The van der Waals surface area contributed by atoms with E-state index in [1.807, 2.05) is 11.8 Å². The molecule has 0 saturated heterocycles. The lowest BCUT2D eigenvalue weighted by molar-refractivity contribution is 0.329. The minimum absolute atomic E-state index is 0.513. The van der Waals surface area contributed by atoms with Crippen molar-refractivity contribution in [1.29, 1.82) is 0 Å². The lowest BCUT2D eigenvalue weighted by Crippen LogP contribution is -2.41. The van der Waals surface area contributed by atoms with E-state index in [0.717, 1.165) is 29.3 Å². The third-order valence-electron chi connectivity index (χ3n) is 3.12. The van der Waals surface area contributed by atoms with Crippen LogP contribution in [-0.2, 0) is 0 Å². The van der Waals surface area contributed by atoms with Gasteiger partial charge in [0.05, 0.1) is 6.04 Å². The number of hydrogen-bond donors (Lipinski definition) is 1. The molecule has 0 radical (unpaired) electrons. The van der Waals surface area contributed by atoms with Gasteiger partial charge in [0.15, 0.2) is 5.17 Å². The Balaban J connectivity index is 2.49. The summed E-state index contributed by atoms with van der Waals surface area (Å²) in [6, 6.07) is 1.03. The molecule has 0 saturated carbocycles. The van der Waals surface area contributed by atoms with E-state index in [1.165, 1.54) is 12.8 Å². The lowest BCUT2D eigenvalue weighted by Gasteiger charge is -2.24. The van der Waals surface area contributed by atoms with Gasteiger partial charge in [0, 0.05) is 18.3 Å². The van der Waals surface area contributed by atoms with E-state index >= 15 is 0 Å². The highest BCUT2D eigenvalue weighted by atomic mass is 32.2. The number of hydrogen-bond acceptors (Lipinski definition) is 4. The second-order valence-electron chi connectivity index (χ2n) is 6.76. The number of thioether (sulfide) groups is 1. The first-order valence-electron chi connectivity index (χ1n) is 7.48. The minimum Gasteiger partial charge on any atom is -0.361 e. The molecule has 0 aliphatic carbocycles. The first-order valence-corrected chi connectivity index (χ1v) is 8.47. The Morgan fingerprint density at radius 1 is 1.26 bits per heavy atom. The van der Waals surface area contributed by atoms with Gasteiger partial charge in [-0.25, -0.2) is 0 Å². The van der Waals surface area contributed by atoms with Crippen LogP contribution >= 0.6 is 11.8 Å². The van der Waals surface area contributed by atoms with Crippen LogP contribution in [0.15, 0.2) is 4.99 Å². The molecule has 0 amide bonds. The van der Waals surface area contributed by atoms with Gasteiger partial charge in [0.1, 0.15) is 0 Å². The molecule has 0 aromatic heterocycles. The van der Waals surface area contributed by atoms with Crippen LogP contribution in [0.25, 0.3) is 0 Å². The largest absolute Gasteiger partial charge is 0.361 e. The molecule has 1 N–H and O–H groups in total. The maximum absolute atomic E-state index is 4.83. The zero-order valence-electron chi connectivity index (χ0n) is 13.4. The number of amidine groups is 1. The van der Waals surface area contributed by atoms with Crippen molar-refractivity contribution in [2.75, 3.05) is 26.4 Å². The third-order valence-corrected chi connectivity index (χ3v) is 4.17.